The van der Waals surface area contributed by atoms with Crippen LogP contribution in [0.25, 0.3) is 0 Å². The zero-order valence-corrected chi connectivity index (χ0v) is 10.5. The number of nitrogens with two attached hydrogens (primary N) is 1. The molecule has 1 aliphatic heterocycles. The minimum atomic E-state index is 0.129. The van der Waals surface area contributed by atoms with E-state index in [1.807, 2.05) is 19.1 Å². The summed E-state index contributed by atoms with van der Waals surface area (Å²) >= 11 is 5.97. The van der Waals surface area contributed by atoms with Gasteiger partial charge in [0.1, 0.15) is 0 Å². The second-order valence-electron chi connectivity index (χ2n) is 4.37. The molecule has 0 bridgehead atoms. The van der Waals surface area contributed by atoms with Crippen molar-refractivity contribution in [3.05, 3.63) is 22.7 Å². The third kappa shape index (κ3) is 2.82. The zero-order valence-electron chi connectivity index (χ0n) is 9.72. The molecule has 17 heavy (non-hydrogen) atoms. The van der Waals surface area contributed by atoms with Gasteiger partial charge in [0.2, 0.25) is 5.91 Å². The lowest BCUT2D eigenvalue weighted by atomic mass is 10.1. The Kier molecular flexibility index (Phi) is 3.43. The molecule has 1 unspecified atom stereocenters. The van der Waals surface area contributed by atoms with Crippen LogP contribution in [0.15, 0.2) is 12.1 Å². The maximum atomic E-state index is 11.1. The number of halogens is 1. The second-order valence-corrected chi connectivity index (χ2v) is 4.78. The lowest BCUT2D eigenvalue weighted by molar-refractivity contribution is -0.119. The first-order valence-corrected chi connectivity index (χ1v) is 6.03. The van der Waals surface area contributed by atoms with E-state index in [0.717, 1.165) is 17.7 Å². The molecule has 0 aromatic heterocycles. The van der Waals surface area contributed by atoms with Crippen LogP contribution in [0.4, 0.5) is 11.4 Å². The molecule has 5 heteroatoms. The molecule has 0 spiro atoms. The smallest absolute Gasteiger partial charge is 0.220 e. The standard InChI is InChI=1S/C12H16ClN3O/c1-7-4-10(14)9(13)5-11(7)15-6-8-2-3-12(17)16-8/h4-5,8,15H,2-3,6,14H2,1H3,(H,16,17). The fourth-order valence-corrected chi connectivity index (χ4v) is 2.12. The van der Waals surface area contributed by atoms with Crippen molar-refractivity contribution in [2.45, 2.75) is 25.8 Å². The van der Waals surface area contributed by atoms with Gasteiger partial charge in [-0.1, -0.05) is 11.6 Å². The first-order valence-electron chi connectivity index (χ1n) is 5.65. The Morgan fingerprint density at radius 1 is 1.59 bits per heavy atom. The van der Waals surface area contributed by atoms with Gasteiger partial charge in [-0.3, -0.25) is 4.79 Å². The molecule has 0 radical (unpaired) electrons. The van der Waals surface area contributed by atoms with Gasteiger partial charge < -0.3 is 16.4 Å². The van der Waals surface area contributed by atoms with Crippen LogP contribution in [-0.4, -0.2) is 18.5 Å². The van der Waals surface area contributed by atoms with Crippen molar-refractivity contribution in [3.63, 3.8) is 0 Å². The van der Waals surface area contributed by atoms with Crippen molar-refractivity contribution in [1.82, 2.24) is 5.32 Å². The van der Waals surface area contributed by atoms with Gasteiger partial charge in [-0.25, -0.2) is 0 Å². The Morgan fingerprint density at radius 2 is 2.35 bits per heavy atom. The van der Waals surface area contributed by atoms with Crippen molar-refractivity contribution in [2.24, 2.45) is 0 Å². The summed E-state index contributed by atoms with van der Waals surface area (Å²) in [5.41, 5.74) is 8.31. The minimum absolute atomic E-state index is 0.129. The van der Waals surface area contributed by atoms with E-state index in [-0.39, 0.29) is 11.9 Å². The summed E-state index contributed by atoms with van der Waals surface area (Å²) in [7, 11) is 0. The van der Waals surface area contributed by atoms with Gasteiger partial charge in [0.05, 0.1) is 10.7 Å². The number of anilines is 2. The highest BCUT2D eigenvalue weighted by atomic mass is 35.5. The van der Waals surface area contributed by atoms with Crippen molar-refractivity contribution < 1.29 is 4.79 Å². The predicted molar refractivity (Wildman–Crippen MR) is 70.3 cm³/mol. The van der Waals surface area contributed by atoms with E-state index in [2.05, 4.69) is 10.6 Å². The number of nitrogens with one attached hydrogen (secondary N) is 2. The molecule has 1 amide bonds. The number of aryl methyl sites for hydroxylation is 1. The number of nitrogen functional groups attached to an aromatic ring is 1. The summed E-state index contributed by atoms with van der Waals surface area (Å²) in [4.78, 5) is 11.1. The second kappa shape index (κ2) is 4.84. The van der Waals surface area contributed by atoms with E-state index in [9.17, 15) is 4.79 Å². The van der Waals surface area contributed by atoms with Crippen LogP contribution in [0.2, 0.25) is 5.02 Å². The van der Waals surface area contributed by atoms with E-state index >= 15 is 0 Å². The molecule has 1 saturated heterocycles. The molecule has 92 valence electrons. The van der Waals surface area contributed by atoms with E-state index < -0.39 is 0 Å². The maximum absolute atomic E-state index is 11.1. The Morgan fingerprint density at radius 3 is 3.00 bits per heavy atom. The quantitative estimate of drug-likeness (QED) is 0.721. The van der Waals surface area contributed by atoms with Crippen molar-refractivity contribution in [3.8, 4) is 0 Å². The summed E-state index contributed by atoms with van der Waals surface area (Å²) in [6.07, 6.45) is 1.50. The number of carbonyl (C=O) groups is 1. The Balaban J connectivity index is 1.99. The third-order valence-electron chi connectivity index (χ3n) is 2.97. The summed E-state index contributed by atoms with van der Waals surface area (Å²) in [6.45, 7) is 2.69. The number of benzene rings is 1. The Labute approximate surface area is 106 Å². The molecule has 4 nitrogen and oxygen atoms in total. The molecule has 1 aliphatic rings. The maximum Gasteiger partial charge on any atom is 0.220 e. The van der Waals surface area contributed by atoms with Gasteiger partial charge in [0.15, 0.2) is 0 Å². The van der Waals surface area contributed by atoms with Crippen LogP contribution in [0, 0.1) is 6.92 Å². The van der Waals surface area contributed by atoms with Crippen molar-refractivity contribution in [1.29, 1.82) is 0 Å². The monoisotopic (exact) mass is 253 g/mol. The van der Waals surface area contributed by atoms with Crippen molar-refractivity contribution >= 4 is 28.9 Å². The fourth-order valence-electron chi connectivity index (χ4n) is 1.96. The summed E-state index contributed by atoms with van der Waals surface area (Å²) in [5.74, 6) is 0.129. The van der Waals surface area contributed by atoms with Gasteiger partial charge in [-0.15, -0.1) is 0 Å². The highest BCUT2D eigenvalue weighted by Gasteiger charge is 2.20. The van der Waals surface area contributed by atoms with E-state index in [1.54, 1.807) is 0 Å². The highest BCUT2D eigenvalue weighted by Crippen LogP contribution is 2.26. The van der Waals surface area contributed by atoms with Gasteiger partial charge in [0.25, 0.3) is 0 Å². The van der Waals surface area contributed by atoms with E-state index in [1.165, 1.54) is 0 Å². The van der Waals surface area contributed by atoms with Crippen LogP contribution in [0.3, 0.4) is 0 Å². The summed E-state index contributed by atoms with van der Waals surface area (Å²) < 4.78 is 0. The Bertz CT molecular complexity index is 448. The van der Waals surface area contributed by atoms with Gasteiger partial charge >= 0.3 is 0 Å². The van der Waals surface area contributed by atoms with Gasteiger partial charge in [-0.05, 0) is 31.0 Å². The van der Waals surface area contributed by atoms with Gasteiger partial charge in [-0.2, -0.15) is 0 Å². The third-order valence-corrected chi connectivity index (χ3v) is 3.29. The SMILES string of the molecule is Cc1cc(N)c(Cl)cc1NCC1CCC(=O)N1. The minimum Gasteiger partial charge on any atom is -0.398 e. The van der Waals surface area contributed by atoms with Crippen LogP contribution in [-0.2, 0) is 4.79 Å². The number of amides is 1. The van der Waals surface area contributed by atoms with Crippen LogP contribution in [0.5, 0.6) is 0 Å². The molecule has 1 aromatic carbocycles. The Hall–Kier alpha value is -1.42. The molecule has 1 heterocycles. The van der Waals surface area contributed by atoms with Crippen LogP contribution in [0.1, 0.15) is 18.4 Å². The number of carbonyl (C=O) groups excluding carboxylic acids is 1. The lowest BCUT2D eigenvalue weighted by Gasteiger charge is -2.15. The number of rotatable bonds is 3. The predicted octanol–water partition coefficient (Wildman–Crippen LogP) is 1.92. The molecular formula is C12H16ClN3O. The average molecular weight is 254 g/mol. The van der Waals surface area contributed by atoms with Crippen LogP contribution < -0.4 is 16.4 Å². The molecule has 4 N–H and O–H groups in total. The molecule has 1 fully saturated rings. The first-order chi connectivity index (χ1) is 8.06. The van der Waals surface area contributed by atoms with E-state index in [0.29, 0.717) is 23.7 Å². The molecule has 1 atom stereocenters. The summed E-state index contributed by atoms with van der Waals surface area (Å²) in [5, 5.41) is 6.75. The van der Waals surface area contributed by atoms with Crippen LogP contribution >= 0.6 is 11.6 Å². The summed E-state index contributed by atoms with van der Waals surface area (Å²) in [6, 6.07) is 3.87. The largest absolute Gasteiger partial charge is 0.398 e. The fraction of sp³-hybridized carbons (Fsp3) is 0.417. The van der Waals surface area contributed by atoms with Gasteiger partial charge in [0, 0.05) is 24.7 Å². The number of hydrogen-bond donors (Lipinski definition) is 3. The molecular weight excluding hydrogens is 238 g/mol. The zero-order chi connectivity index (χ0) is 12.4. The molecule has 0 aliphatic carbocycles. The van der Waals surface area contributed by atoms with E-state index in [4.69, 9.17) is 17.3 Å². The topological polar surface area (TPSA) is 67.1 Å². The lowest BCUT2D eigenvalue weighted by Crippen LogP contribution is -2.31. The molecule has 1 aromatic rings. The normalized spacial score (nSPS) is 19.2. The van der Waals surface area contributed by atoms with Crippen molar-refractivity contribution in [2.75, 3.05) is 17.6 Å². The first kappa shape index (κ1) is 12.0. The number of hydrogen-bond acceptors (Lipinski definition) is 3. The highest BCUT2D eigenvalue weighted by molar-refractivity contribution is 6.33. The average Bonchev–Trinajstić information content (AvgIpc) is 2.68. The molecule has 2 rings (SSSR count). The molecule has 0 saturated carbocycles.